The van der Waals surface area contributed by atoms with E-state index in [9.17, 15) is 4.79 Å². The maximum absolute atomic E-state index is 13.4. The summed E-state index contributed by atoms with van der Waals surface area (Å²) in [6.07, 6.45) is 0.886. The minimum Gasteiger partial charge on any atom is -0.497 e. The summed E-state index contributed by atoms with van der Waals surface area (Å²) >= 11 is 1.57. The van der Waals surface area contributed by atoms with Crippen molar-refractivity contribution in [1.82, 2.24) is 9.88 Å². The summed E-state index contributed by atoms with van der Waals surface area (Å²) in [5.41, 5.74) is 2.76. The Balaban J connectivity index is 1.56. The highest BCUT2D eigenvalue weighted by Crippen LogP contribution is 2.31. The largest absolute Gasteiger partial charge is 0.497 e. The Bertz CT molecular complexity index is 997. The lowest BCUT2D eigenvalue weighted by Crippen LogP contribution is -2.39. The van der Waals surface area contributed by atoms with Crippen molar-refractivity contribution < 1.29 is 14.3 Å². The number of aromatic nitrogens is 1. The molecule has 0 spiro atoms. The fourth-order valence-electron chi connectivity index (χ4n) is 3.59. The Hall–Kier alpha value is -2.48. The van der Waals surface area contributed by atoms with Gasteiger partial charge in [-0.15, -0.1) is 0 Å². The number of anilines is 1. The molecule has 6 nitrogen and oxygen atoms in total. The summed E-state index contributed by atoms with van der Waals surface area (Å²) in [6.45, 7) is 7.11. The number of fused-ring (bicyclic) bond motifs is 1. The summed E-state index contributed by atoms with van der Waals surface area (Å²) in [5, 5.41) is 0.749. The molecular formula is C23H27N3O3S. The van der Waals surface area contributed by atoms with Gasteiger partial charge in [-0.05, 0) is 55.3 Å². The molecule has 0 N–H and O–H groups in total. The topological polar surface area (TPSA) is 54.9 Å². The van der Waals surface area contributed by atoms with Gasteiger partial charge in [-0.3, -0.25) is 14.6 Å². The molecule has 0 atom stereocenters. The third kappa shape index (κ3) is 4.80. The number of rotatable bonds is 7. The van der Waals surface area contributed by atoms with E-state index >= 15 is 0 Å². The van der Waals surface area contributed by atoms with E-state index in [1.807, 2.05) is 35.2 Å². The molecule has 30 heavy (non-hydrogen) atoms. The number of thiazole rings is 1. The van der Waals surface area contributed by atoms with E-state index in [0.717, 1.165) is 60.4 Å². The summed E-state index contributed by atoms with van der Waals surface area (Å²) in [5.74, 6) is 0.705. The number of ether oxygens (including phenoxy) is 2. The van der Waals surface area contributed by atoms with Crippen LogP contribution in [-0.4, -0.2) is 62.3 Å². The number of aryl methyl sites for hydroxylation is 1. The molecule has 1 aromatic heterocycles. The molecule has 1 aliphatic heterocycles. The fraction of sp³-hybridized carbons (Fsp3) is 0.391. The summed E-state index contributed by atoms with van der Waals surface area (Å²) in [6, 6.07) is 13.5. The van der Waals surface area contributed by atoms with Crippen molar-refractivity contribution >= 4 is 32.6 Å². The standard InChI is InChI=1S/C23H27N3O3S/c1-17-4-9-20-21(16-17)30-23(24-20)26(11-3-10-25-12-14-29-15-13-25)22(27)18-5-7-19(28-2)8-6-18/h4-9,16H,3,10-15H2,1-2H3. The zero-order valence-electron chi connectivity index (χ0n) is 17.5. The normalized spacial score (nSPS) is 14.7. The average molecular weight is 426 g/mol. The molecule has 0 radical (unpaired) electrons. The van der Waals surface area contributed by atoms with Crippen LogP contribution in [0, 0.1) is 6.92 Å². The molecule has 0 aliphatic carbocycles. The van der Waals surface area contributed by atoms with Crippen molar-refractivity contribution in [1.29, 1.82) is 0 Å². The quantitative estimate of drug-likeness (QED) is 0.573. The SMILES string of the molecule is COc1ccc(C(=O)N(CCCN2CCOCC2)c2nc3ccc(C)cc3s2)cc1. The molecule has 1 fully saturated rings. The Morgan fingerprint density at radius 1 is 1.20 bits per heavy atom. The molecule has 0 bridgehead atoms. The Kier molecular flexibility index (Phi) is 6.62. The zero-order valence-corrected chi connectivity index (χ0v) is 18.3. The van der Waals surface area contributed by atoms with Gasteiger partial charge in [0.1, 0.15) is 5.75 Å². The summed E-state index contributed by atoms with van der Waals surface area (Å²) in [7, 11) is 1.62. The van der Waals surface area contributed by atoms with E-state index in [-0.39, 0.29) is 5.91 Å². The van der Waals surface area contributed by atoms with Gasteiger partial charge in [0.15, 0.2) is 5.13 Å². The summed E-state index contributed by atoms with van der Waals surface area (Å²) in [4.78, 5) is 22.4. The number of hydrogen-bond donors (Lipinski definition) is 0. The molecule has 0 saturated carbocycles. The number of carbonyl (C=O) groups is 1. The molecule has 1 aliphatic rings. The van der Waals surface area contributed by atoms with Crippen molar-refractivity contribution in [2.75, 3.05) is 51.4 Å². The zero-order chi connectivity index (χ0) is 20.9. The Morgan fingerprint density at radius 2 is 1.97 bits per heavy atom. The van der Waals surface area contributed by atoms with Crippen molar-refractivity contribution in [2.24, 2.45) is 0 Å². The highest BCUT2D eigenvalue weighted by Gasteiger charge is 2.22. The molecule has 0 unspecified atom stereocenters. The van der Waals surface area contributed by atoms with Gasteiger partial charge >= 0.3 is 0 Å². The molecule has 1 saturated heterocycles. The van der Waals surface area contributed by atoms with Gasteiger partial charge in [-0.25, -0.2) is 4.98 Å². The lowest BCUT2D eigenvalue weighted by Gasteiger charge is -2.27. The van der Waals surface area contributed by atoms with Crippen molar-refractivity contribution in [2.45, 2.75) is 13.3 Å². The number of morpholine rings is 1. The van der Waals surface area contributed by atoms with Crippen LogP contribution in [0.1, 0.15) is 22.3 Å². The highest BCUT2D eigenvalue weighted by molar-refractivity contribution is 7.22. The molecule has 2 aromatic carbocycles. The molecular weight excluding hydrogens is 398 g/mol. The van der Waals surface area contributed by atoms with Gasteiger partial charge in [0.2, 0.25) is 0 Å². The molecule has 158 valence electrons. The highest BCUT2D eigenvalue weighted by atomic mass is 32.1. The maximum atomic E-state index is 13.4. The lowest BCUT2D eigenvalue weighted by atomic mass is 10.2. The number of amides is 1. The van der Waals surface area contributed by atoms with E-state index in [4.69, 9.17) is 14.5 Å². The predicted octanol–water partition coefficient (Wildman–Crippen LogP) is 3.98. The van der Waals surface area contributed by atoms with Gasteiger partial charge in [-0.1, -0.05) is 17.4 Å². The first kappa shape index (κ1) is 20.8. The molecule has 2 heterocycles. The van der Waals surface area contributed by atoms with Crippen molar-refractivity contribution in [3.8, 4) is 5.75 Å². The lowest BCUT2D eigenvalue weighted by molar-refractivity contribution is 0.0376. The van der Waals surface area contributed by atoms with Gasteiger partial charge < -0.3 is 9.47 Å². The second kappa shape index (κ2) is 9.55. The van der Waals surface area contributed by atoms with Crippen LogP contribution in [0.3, 0.4) is 0 Å². The van der Waals surface area contributed by atoms with Crippen LogP contribution in [0.5, 0.6) is 5.75 Å². The van der Waals surface area contributed by atoms with Crippen LogP contribution in [0.2, 0.25) is 0 Å². The van der Waals surface area contributed by atoms with Crippen LogP contribution >= 0.6 is 11.3 Å². The molecule has 4 rings (SSSR count). The van der Waals surface area contributed by atoms with Gasteiger partial charge in [0.25, 0.3) is 5.91 Å². The van der Waals surface area contributed by atoms with E-state index < -0.39 is 0 Å². The first-order chi connectivity index (χ1) is 14.6. The maximum Gasteiger partial charge on any atom is 0.260 e. The first-order valence-corrected chi connectivity index (χ1v) is 11.1. The summed E-state index contributed by atoms with van der Waals surface area (Å²) < 4.78 is 11.8. The van der Waals surface area contributed by atoms with Gasteiger partial charge in [0.05, 0.1) is 30.5 Å². The van der Waals surface area contributed by atoms with Gasteiger partial charge in [0, 0.05) is 31.7 Å². The van der Waals surface area contributed by atoms with Gasteiger partial charge in [-0.2, -0.15) is 0 Å². The number of hydrogen-bond acceptors (Lipinski definition) is 6. The number of methoxy groups -OCH3 is 1. The van der Waals surface area contributed by atoms with Crippen LogP contribution in [0.4, 0.5) is 5.13 Å². The number of nitrogens with zero attached hydrogens (tertiary/aromatic N) is 3. The predicted molar refractivity (Wildman–Crippen MR) is 121 cm³/mol. The molecule has 7 heteroatoms. The monoisotopic (exact) mass is 425 g/mol. The minimum absolute atomic E-state index is 0.0320. The van der Waals surface area contributed by atoms with Crippen LogP contribution in [0.25, 0.3) is 10.2 Å². The smallest absolute Gasteiger partial charge is 0.260 e. The third-order valence-corrected chi connectivity index (χ3v) is 6.35. The third-order valence-electron chi connectivity index (χ3n) is 5.31. The Labute approximate surface area is 181 Å². The van der Waals surface area contributed by atoms with Crippen LogP contribution in [0.15, 0.2) is 42.5 Å². The number of benzene rings is 2. The molecule has 1 amide bonds. The van der Waals surface area contributed by atoms with Crippen molar-refractivity contribution in [3.05, 3.63) is 53.6 Å². The average Bonchev–Trinajstić information content (AvgIpc) is 3.20. The second-order valence-electron chi connectivity index (χ2n) is 7.46. The van der Waals surface area contributed by atoms with E-state index in [2.05, 4.69) is 24.0 Å². The molecule has 3 aromatic rings. The fourth-order valence-corrected chi connectivity index (χ4v) is 4.67. The van der Waals surface area contributed by atoms with Crippen LogP contribution in [-0.2, 0) is 4.74 Å². The van der Waals surface area contributed by atoms with E-state index in [0.29, 0.717) is 12.1 Å². The minimum atomic E-state index is -0.0320. The van der Waals surface area contributed by atoms with E-state index in [1.165, 1.54) is 5.56 Å². The second-order valence-corrected chi connectivity index (χ2v) is 8.47. The van der Waals surface area contributed by atoms with E-state index in [1.54, 1.807) is 18.4 Å². The first-order valence-electron chi connectivity index (χ1n) is 10.3. The number of carbonyl (C=O) groups excluding carboxylic acids is 1. The Morgan fingerprint density at radius 3 is 2.70 bits per heavy atom. The van der Waals surface area contributed by atoms with Crippen molar-refractivity contribution in [3.63, 3.8) is 0 Å². The van der Waals surface area contributed by atoms with Crippen LogP contribution < -0.4 is 9.64 Å².